The van der Waals surface area contributed by atoms with Crippen molar-refractivity contribution in [2.24, 2.45) is 0 Å². The van der Waals surface area contributed by atoms with Crippen molar-refractivity contribution in [2.45, 2.75) is 13.5 Å². The zero-order chi connectivity index (χ0) is 13.8. The maximum Gasteiger partial charge on any atom is 0.295 e. The van der Waals surface area contributed by atoms with E-state index < -0.39 is 4.92 Å². The van der Waals surface area contributed by atoms with E-state index in [9.17, 15) is 14.5 Å². The number of nitrogens with one attached hydrogen (secondary N) is 1. The summed E-state index contributed by atoms with van der Waals surface area (Å²) in [5.74, 6) is -0.301. The number of anilines is 1. The zero-order valence-electron chi connectivity index (χ0n) is 10.4. The highest BCUT2D eigenvalue weighted by Crippen LogP contribution is 2.28. The van der Waals surface area contributed by atoms with E-state index in [4.69, 9.17) is 0 Å². The summed E-state index contributed by atoms with van der Waals surface area (Å²) in [5.41, 5.74) is 2.00. The molecule has 2 rings (SSSR count). The molecule has 0 atom stereocenters. The maximum atomic E-state index is 12.8. The lowest BCUT2D eigenvalue weighted by Gasteiger charge is -2.08. The Labute approximate surface area is 110 Å². The quantitative estimate of drug-likeness (QED) is 0.674. The molecule has 0 fully saturated rings. The molecule has 0 aliphatic carbocycles. The Bertz CT molecular complexity index is 597. The van der Waals surface area contributed by atoms with E-state index in [0.717, 1.165) is 5.56 Å². The van der Waals surface area contributed by atoms with Crippen LogP contribution >= 0.6 is 0 Å². The molecule has 0 spiro atoms. The molecule has 0 aromatic heterocycles. The van der Waals surface area contributed by atoms with Gasteiger partial charge in [0.1, 0.15) is 11.5 Å². The molecule has 0 unspecified atom stereocenters. The lowest BCUT2D eigenvalue weighted by Crippen LogP contribution is -2.03. The lowest BCUT2D eigenvalue weighted by atomic mass is 10.1. The van der Waals surface area contributed by atoms with Gasteiger partial charge in [0, 0.05) is 12.1 Å². The van der Waals surface area contributed by atoms with E-state index in [-0.39, 0.29) is 11.5 Å². The van der Waals surface area contributed by atoms with Crippen molar-refractivity contribution in [2.75, 3.05) is 5.32 Å². The Hall–Kier alpha value is -2.43. The van der Waals surface area contributed by atoms with E-state index in [1.165, 1.54) is 12.1 Å². The van der Waals surface area contributed by atoms with Crippen LogP contribution in [0.4, 0.5) is 15.8 Å². The van der Waals surface area contributed by atoms with Gasteiger partial charge in [0.2, 0.25) is 0 Å². The third-order valence-electron chi connectivity index (χ3n) is 2.82. The number of halogens is 1. The predicted molar refractivity (Wildman–Crippen MR) is 71.6 cm³/mol. The van der Waals surface area contributed by atoms with Crippen molar-refractivity contribution in [3.8, 4) is 0 Å². The first-order valence-corrected chi connectivity index (χ1v) is 5.80. The first-order valence-electron chi connectivity index (χ1n) is 5.80. The van der Waals surface area contributed by atoms with Gasteiger partial charge in [-0.05, 0) is 30.7 Å². The van der Waals surface area contributed by atoms with E-state index >= 15 is 0 Å². The molecule has 5 heteroatoms. The average Bonchev–Trinajstić information content (AvgIpc) is 2.37. The fraction of sp³-hybridized carbons (Fsp3) is 0.143. The van der Waals surface area contributed by atoms with Crippen LogP contribution < -0.4 is 5.32 Å². The number of aryl methyl sites for hydroxylation is 1. The molecule has 0 saturated heterocycles. The largest absolute Gasteiger partial charge is 0.375 e. The van der Waals surface area contributed by atoms with E-state index in [0.29, 0.717) is 17.8 Å². The van der Waals surface area contributed by atoms with Crippen molar-refractivity contribution < 1.29 is 9.31 Å². The van der Waals surface area contributed by atoms with E-state index in [1.807, 2.05) is 0 Å². The normalized spacial score (nSPS) is 10.2. The van der Waals surface area contributed by atoms with Crippen LogP contribution in [-0.2, 0) is 6.54 Å². The van der Waals surface area contributed by atoms with Crippen molar-refractivity contribution >= 4 is 11.4 Å². The van der Waals surface area contributed by atoms with Crippen LogP contribution in [0.15, 0.2) is 42.5 Å². The van der Waals surface area contributed by atoms with Crippen molar-refractivity contribution in [1.29, 1.82) is 0 Å². The van der Waals surface area contributed by atoms with Gasteiger partial charge in [-0.2, -0.15) is 0 Å². The molecule has 98 valence electrons. The molecule has 0 aliphatic heterocycles. The zero-order valence-corrected chi connectivity index (χ0v) is 10.4. The van der Waals surface area contributed by atoms with Crippen LogP contribution in [0.1, 0.15) is 11.1 Å². The van der Waals surface area contributed by atoms with Crippen LogP contribution in [-0.4, -0.2) is 4.92 Å². The number of hydrogen-bond donors (Lipinski definition) is 1. The van der Waals surface area contributed by atoms with Gasteiger partial charge in [0.05, 0.1) is 4.92 Å². The minimum atomic E-state index is -0.400. The second kappa shape index (κ2) is 5.48. The maximum absolute atomic E-state index is 12.8. The van der Waals surface area contributed by atoms with Crippen LogP contribution in [0.2, 0.25) is 0 Å². The summed E-state index contributed by atoms with van der Waals surface area (Å²) in [6.07, 6.45) is 0. The molecule has 1 N–H and O–H groups in total. The SMILES string of the molecule is Cc1cccc(NCc2ccc(F)cc2)c1[N+](=O)[O-]. The van der Waals surface area contributed by atoms with Crippen molar-refractivity contribution in [1.82, 2.24) is 0 Å². The summed E-state index contributed by atoms with van der Waals surface area (Å²) >= 11 is 0. The number of nitro groups is 1. The fourth-order valence-electron chi connectivity index (χ4n) is 1.84. The Kier molecular flexibility index (Phi) is 3.75. The van der Waals surface area contributed by atoms with E-state index in [2.05, 4.69) is 5.32 Å². The average molecular weight is 260 g/mol. The Morgan fingerprint density at radius 3 is 2.53 bits per heavy atom. The van der Waals surface area contributed by atoms with Crippen LogP contribution in [0.3, 0.4) is 0 Å². The third kappa shape index (κ3) is 3.07. The Morgan fingerprint density at radius 2 is 1.89 bits per heavy atom. The van der Waals surface area contributed by atoms with E-state index in [1.54, 1.807) is 37.3 Å². The second-order valence-corrected chi connectivity index (χ2v) is 4.21. The van der Waals surface area contributed by atoms with Gasteiger partial charge in [-0.3, -0.25) is 10.1 Å². The van der Waals surface area contributed by atoms with Crippen LogP contribution in [0.25, 0.3) is 0 Å². The molecular formula is C14H13FN2O2. The predicted octanol–water partition coefficient (Wildman–Crippen LogP) is 3.65. The highest BCUT2D eigenvalue weighted by molar-refractivity contribution is 5.65. The molecule has 0 bridgehead atoms. The van der Waals surface area contributed by atoms with Gasteiger partial charge < -0.3 is 5.32 Å². The molecule has 0 aliphatic rings. The van der Waals surface area contributed by atoms with Gasteiger partial charge in [-0.15, -0.1) is 0 Å². The highest BCUT2D eigenvalue weighted by atomic mass is 19.1. The smallest absolute Gasteiger partial charge is 0.295 e. The van der Waals surface area contributed by atoms with Gasteiger partial charge >= 0.3 is 0 Å². The molecule has 4 nitrogen and oxygen atoms in total. The van der Waals surface area contributed by atoms with Crippen LogP contribution in [0, 0.1) is 22.9 Å². The summed E-state index contributed by atoms with van der Waals surface area (Å²) < 4.78 is 12.8. The number of para-hydroxylation sites is 1. The third-order valence-corrected chi connectivity index (χ3v) is 2.82. The van der Waals surface area contributed by atoms with Gasteiger partial charge in [-0.1, -0.05) is 24.3 Å². The fourth-order valence-corrected chi connectivity index (χ4v) is 1.84. The first-order chi connectivity index (χ1) is 9.08. The van der Waals surface area contributed by atoms with Gasteiger partial charge in [0.25, 0.3) is 5.69 Å². The summed E-state index contributed by atoms with van der Waals surface area (Å²) in [5, 5.41) is 14.0. The minimum Gasteiger partial charge on any atom is -0.375 e. The monoisotopic (exact) mass is 260 g/mol. The Balaban J connectivity index is 2.18. The summed E-state index contributed by atoms with van der Waals surface area (Å²) in [7, 11) is 0. The summed E-state index contributed by atoms with van der Waals surface area (Å²) in [4.78, 5) is 10.6. The van der Waals surface area contributed by atoms with Crippen LogP contribution in [0.5, 0.6) is 0 Å². The molecule has 19 heavy (non-hydrogen) atoms. The molecule has 2 aromatic rings. The number of hydrogen-bond acceptors (Lipinski definition) is 3. The van der Waals surface area contributed by atoms with Crippen molar-refractivity contribution in [3.05, 3.63) is 69.5 Å². The standard InChI is InChI=1S/C14H13FN2O2/c1-10-3-2-4-13(14(10)17(18)19)16-9-11-5-7-12(15)8-6-11/h2-8,16H,9H2,1H3. The minimum absolute atomic E-state index is 0.0737. The molecule has 0 heterocycles. The number of nitro benzene ring substituents is 1. The second-order valence-electron chi connectivity index (χ2n) is 4.21. The topological polar surface area (TPSA) is 55.2 Å². The molecule has 0 radical (unpaired) electrons. The molecule has 2 aromatic carbocycles. The number of nitrogens with zero attached hydrogens (tertiary/aromatic N) is 1. The lowest BCUT2D eigenvalue weighted by molar-refractivity contribution is -0.384. The van der Waals surface area contributed by atoms with Gasteiger partial charge in [-0.25, -0.2) is 4.39 Å². The first kappa shape index (κ1) is 13.0. The highest BCUT2D eigenvalue weighted by Gasteiger charge is 2.16. The summed E-state index contributed by atoms with van der Waals surface area (Å²) in [6.45, 7) is 2.10. The number of rotatable bonds is 4. The van der Waals surface area contributed by atoms with Gasteiger partial charge in [0.15, 0.2) is 0 Å². The molecular weight excluding hydrogens is 247 g/mol. The number of benzene rings is 2. The molecule has 0 amide bonds. The molecule has 0 saturated carbocycles. The summed E-state index contributed by atoms with van der Waals surface area (Å²) in [6, 6.07) is 11.1. The Morgan fingerprint density at radius 1 is 1.21 bits per heavy atom. The van der Waals surface area contributed by atoms with Crippen molar-refractivity contribution in [3.63, 3.8) is 0 Å².